The molecule has 2 fully saturated rings. The van der Waals surface area contributed by atoms with Crippen LogP contribution in [0, 0.1) is 17.8 Å². The normalized spacial score (nSPS) is 27.7. The van der Waals surface area contributed by atoms with Crippen molar-refractivity contribution in [2.24, 2.45) is 22.7 Å². The van der Waals surface area contributed by atoms with Crippen LogP contribution < -0.4 is 10.6 Å². The van der Waals surface area contributed by atoms with Gasteiger partial charge in [-0.3, -0.25) is 4.99 Å². The lowest BCUT2D eigenvalue weighted by Crippen LogP contribution is -2.42. The third kappa shape index (κ3) is 8.69. The lowest BCUT2D eigenvalue weighted by molar-refractivity contribution is 0.0888. The zero-order valence-corrected chi connectivity index (χ0v) is 17.1. The lowest BCUT2D eigenvalue weighted by Gasteiger charge is -2.35. The summed E-state index contributed by atoms with van der Waals surface area (Å²) in [6, 6.07) is 0. The summed E-state index contributed by atoms with van der Waals surface area (Å²) in [5, 5.41) is 6.79. The van der Waals surface area contributed by atoms with Crippen molar-refractivity contribution in [1.82, 2.24) is 15.5 Å². The van der Waals surface area contributed by atoms with Crippen molar-refractivity contribution in [3.8, 4) is 0 Å². The van der Waals surface area contributed by atoms with E-state index in [0.29, 0.717) is 5.92 Å². The van der Waals surface area contributed by atoms with E-state index in [4.69, 9.17) is 9.47 Å². The van der Waals surface area contributed by atoms with E-state index in [1.807, 2.05) is 7.05 Å². The van der Waals surface area contributed by atoms with Gasteiger partial charge in [-0.2, -0.15) is 0 Å². The topological polar surface area (TPSA) is 58.1 Å². The molecular formula is C20H40N4O2. The number of rotatable bonds is 10. The van der Waals surface area contributed by atoms with Crippen LogP contribution in [0.25, 0.3) is 0 Å². The van der Waals surface area contributed by atoms with Crippen molar-refractivity contribution in [2.75, 3.05) is 66.2 Å². The van der Waals surface area contributed by atoms with E-state index in [-0.39, 0.29) is 0 Å². The molecule has 0 aromatic rings. The van der Waals surface area contributed by atoms with Gasteiger partial charge in [-0.25, -0.2) is 0 Å². The van der Waals surface area contributed by atoms with Gasteiger partial charge in [-0.05, 0) is 44.1 Å². The van der Waals surface area contributed by atoms with Crippen molar-refractivity contribution in [2.45, 2.75) is 39.5 Å². The van der Waals surface area contributed by atoms with Crippen LogP contribution in [0.1, 0.15) is 39.5 Å². The minimum atomic E-state index is 0.600. The third-order valence-corrected chi connectivity index (χ3v) is 5.25. The molecule has 3 unspecified atom stereocenters. The second-order valence-electron chi connectivity index (χ2n) is 8.14. The molecule has 2 heterocycles. The Labute approximate surface area is 160 Å². The zero-order valence-electron chi connectivity index (χ0n) is 17.1. The van der Waals surface area contributed by atoms with Crippen molar-refractivity contribution in [1.29, 1.82) is 0 Å². The molecule has 6 nitrogen and oxygen atoms in total. The average Bonchev–Trinajstić information content (AvgIpc) is 3.12. The van der Waals surface area contributed by atoms with Gasteiger partial charge in [0, 0.05) is 52.4 Å². The number of likely N-dealkylation sites (tertiary alicyclic amines) is 1. The fraction of sp³-hybridized carbons (Fsp3) is 0.950. The highest BCUT2D eigenvalue weighted by molar-refractivity contribution is 5.79. The molecule has 26 heavy (non-hydrogen) atoms. The van der Waals surface area contributed by atoms with Crippen LogP contribution in [0.5, 0.6) is 0 Å². The van der Waals surface area contributed by atoms with Gasteiger partial charge < -0.3 is 25.0 Å². The maximum absolute atomic E-state index is 5.73. The highest BCUT2D eigenvalue weighted by Crippen LogP contribution is 2.20. The number of hydrogen-bond donors (Lipinski definition) is 2. The van der Waals surface area contributed by atoms with Crippen LogP contribution in [0.3, 0.4) is 0 Å². The van der Waals surface area contributed by atoms with Gasteiger partial charge in [0.2, 0.25) is 0 Å². The summed E-state index contributed by atoms with van der Waals surface area (Å²) in [7, 11) is 1.83. The molecule has 2 saturated heterocycles. The van der Waals surface area contributed by atoms with Gasteiger partial charge in [-0.1, -0.05) is 13.8 Å². The number of ether oxygens (including phenoxy) is 2. The van der Waals surface area contributed by atoms with E-state index >= 15 is 0 Å². The fourth-order valence-electron chi connectivity index (χ4n) is 4.05. The molecule has 2 aliphatic rings. The molecule has 2 aliphatic heterocycles. The van der Waals surface area contributed by atoms with Gasteiger partial charge in [0.1, 0.15) is 0 Å². The summed E-state index contributed by atoms with van der Waals surface area (Å²) in [6.45, 7) is 13.7. The number of piperidine rings is 1. The fourth-order valence-corrected chi connectivity index (χ4v) is 4.05. The molecule has 2 N–H and O–H groups in total. The smallest absolute Gasteiger partial charge is 0.190 e. The minimum absolute atomic E-state index is 0.600. The number of hydrogen-bond acceptors (Lipinski definition) is 4. The van der Waals surface area contributed by atoms with Crippen molar-refractivity contribution < 1.29 is 9.47 Å². The first-order valence-corrected chi connectivity index (χ1v) is 10.5. The Hall–Kier alpha value is -0.850. The Balaban J connectivity index is 1.44. The van der Waals surface area contributed by atoms with Crippen LogP contribution in [-0.2, 0) is 9.47 Å². The summed E-state index contributed by atoms with van der Waals surface area (Å²) in [4.78, 5) is 6.92. The maximum Gasteiger partial charge on any atom is 0.190 e. The van der Waals surface area contributed by atoms with E-state index in [0.717, 1.165) is 76.6 Å². The maximum atomic E-state index is 5.73. The highest BCUT2D eigenvalue weighted by atomic mass is 16.5. The number of nitrogens with zero attached hydrogens (tertiary/aromatic N) is 2. The Bertz CT molecular complexity index is 389. The van der Waals surface area contributed by atoms with Gasteiger partial charge in [0.05, 0.1) is 13.2 Å². The van der Waals surface area contributed by atoms with Crippen LogP contribution in [-0.4, -0.2) is 77.1 Å². The van der Waals surface area contributed by atoms with Crippen LogP contribution in [0.2, 0.25) is 0 Å². The second-order valence-corrected chi connectivity index (χ2v) is 8.14. The molecule has 0 aromatic carbocycles. The zero-order chi connectivity index (χ0) is 18.6. The molecule has 0 aliphatic carbocycles. The molecule has 6 heteroatoms. The first-order valence-electron chi connectivity index (χ1n) is 10.5. The van der Waals surface area contributed by atoms with Crippen LogP contribution >= 0.6 is 0 Å². The molecule has 0 bridgehead atoms. The molecule has 0 aromatic heterocycles. The summed E-state index contributed by atoms with van der Waals surface area (Å²) in [5.41, 5.74) is 0. The van der Waals surface area contributed by atoms with Crippen molar-refractivity contribution >= 4 is 5.96 Å². The number of nitrogens with one attached hydrogen (secondary N) is 2. The molecule has 0 amide bonds. The van der Waals surface area contributed by atoms with Gasteiger partial charge in [-0.15, -0.1) is 0 Å². The number of guanidine groups is 1. The van der Waals surface area contributed by atoms with Crippen LogP contribution in [0.4, 0.5) is 0 Å². The summed E-state index contributed by atoms with van der Waals surface area (Å²) < 4.78 is 11.1. The van der Waals surface area contributed by atoms with Gasteiger partial charge >= 0.3 is 0 Å². The Morgan fingerprint density at radius 1 is 1.15 bits per heavy atom. The predicted molar refractivity (Wildman–Crippen MR) is 108 cm³/mol. The average molecular weight is 369 g/mol. The summed E-state index contributed by atoms with van der Waals surface area (Å²) in [6.07, 6.45) is 4.68. The molecular weight excluding hydrogens is 328 g/mol. The molecule has 3 atom stereocenters. The SMILES string of the molecule is CN=C(NCCCOCC1CCOC1)NCCCN1CC(C)CC(C)C1. The van der Waals surface area contributed by atoms with Crippen LogP contribution in [0.15, 0.2) is 4.99 Å². The molecule has 2 rings (SSSR count). The Morgan fingerprint density at radius 2 is 1.88 bits per heavy atom. The van der Waals surface area contributed by atoms with E-state index in [1.54, 1.807) is 0 Å². The van der Waals surface area contributed by atoms with Gasteiger partial charge in [0.15, 0.2) is 5.96 Å². The Kier molecular flexibility index (Phi) is 10.3. The summed E-state index contributed by atoms with van der Waals surface area (Å²) >= 11 is 0. The number of aliphatic imine (C=N–C) groups is 1. The Morgan fingerprint density at radius 3 is 2.54 bits per heavy atom. The first kappa shape index (κ1) is 21.5. The molecule has 0 radical (unpaired) electrons. The molecule has 152 valence electrons. The second kappa shape index (κ2) is 12.5. The van der Waals surface area contributed by atoms with E-state index in [2.05, 4.69) is 34.4 Å². The lowest BCUT2D eigenvalue weighted by atomic mass is 9.92. The molecule has 0 spiro atoms. The van der Waals surface area contributed by atoms with E-state index < -0.39 is 0 Å². The highest BCUT2D eigenvalue weighted by Gasteiger charge is 2.21. The monoisotopic (exact) mass is 368 g/mol. The van der Waals surface area contributed by atoms with E-state index in [1.165, 1.54) is 26.1 Å². The quantitative estimate of drug-likeness (QED) is 0.351. The largest absolute Gasteiger partial charge is 0.381 e. The summed E-state index contributed by atoms with van der Waals surface area (Å²) in [5.74, 6) is 3.17. The standard InChI is InChI=1S/C20H40N4O2/c1-17-12-18(2)14-24(13-17)9-4-7-22-20(21-3)23-8-5-10-25-15-19-6-11-26-16-19/h17-19H,4-16H2,1-3H3,(H2,21,22,23). The molecule has 0 saturated carbocycles. The first-order chi connectivity index (χ1) is 12.7. The van der Waals surface area contributed by atoms with Crippen molar-refractivity contribution in [3.05, 3.63) is 0 Å². The predicted octanol–water partition coefficient (Wildman–Crippen LogP) is 1.96. The van der Waals surface area contributed by atoms with E-state index in [9.17, 15) is 0 Å². The van der Waals surface area contributed by atoms with Gasteiger partial charge in [0.25, 0.3) is 0 Å². The minimum Gasteiger partial charge on any atom is -0.381 e. The third-order valence-electron chi connectivity index (χ3n) is 5.25. The van der Waals surface area contributed by atoms with Crippen molar-refractivity contribution in [3.63, 3.8) is 0 Å².